The van der Waals surface area contributed by atoms with Crippen LogP contribution < -0.4 is 10.1 Å². The van der Waals surface area contributed by atoms with Crippen molar-refractivity contribution in [3.05, 3.63) is 29.8 Å². The fourth-order valence-corrected chi connectivity index (χ4v) is 1.53. The Labute approximate surface area is 116 Å². The number of ether oxygens (including phenoxy) is 1. The molecule has 0 aliphatic rings. The number of halogens is 2. The smallest absolute Gasteiger partial charge is 0.387 e. The van der Waals surface area contributed by atoms with E-state index in [0.29, 0.717) is 5.56 Å². The number of carbonyl (C=O) groups is 1. The molecule has 4 nitrogen and oxygen atoms in total. The van der Waals surface area contributed by atoms with Gasteiger partial charge in [0.15, 0.2) is 0 Å². The fraction of sp³-hybridized carbons (Fsp3) is 0.500. The molecule has 2 N–H and O–H groups in total. The van der Waals surface area contributed by atoms with Crippen LogP contribution in [0.1, 0.15) is 19.4 Å². The number of alkyl halides is 2. The maximum absolute atomic E-state index is 12.1. The van der Waals surface area contributed by atoms with Crippen molar-refractivity contribution >= 4 is 5.91 Å². The first-order valence-corrected chi connectivity index (χ1v) is 6.37. The Hall–Kier alpha value is -1.69. The first-order chi connectivity index (χ1) is 9.38. The maximum Gasteiger partial charge on any atom is 0.387 e. The number of hydrogen-bond donors (Lipinski definition) is 2. The van der Waals surface area contributed by atoms with E-state index < -0.39 is 12.7 Å². The zero-order valence-electron chi connectivity index (χ0n) is 11.5. The van der Waals surface area contributed by atoms with E-state index in [1.807, 2.05) is 13.8 Å². The Bertz CT molecular complexity index is 438. The molecule has 0 heterocycles. The average Bonchev–Trinajstić information content (AvgIpc) is 2.35. The average molecular weight is 287 g/mol. The lowest BCUT2D eigenvalue weighted by molar-refractivity contribution is -0.121. The molecule has 1 rings (SSSR count). The Kier molecular flexibility index (Phi) is 6.38. The minimum absolute atomic E-state index is 0.0208. The van der Waals surface area contributed by atoms with Crippen molar-refractivity contribution in [2.75, 3.05) is 6.54 Å². The second kappa shape index (κ2) is 7.79. The monoisotopic (exact) mass is 287 g/mol. The van der Waals surface area contributed by atoms with Crippen molar-refractivity contribution in [1.29, 1.82) is 0 Å². The van der Waals surface area contributed by atoms with E-state index in [4.69, 9.17) is 0 Å². The molecule has 1 aromatic rings. The summed E-state index contributed by atoms with van der Waals surface area (Å²) in [5, 5.41) is 12.2. The molecule has 0 aliphatic carbocycles. The Morgan fingerprint density at radius 3 is 2.70 bits per heavy atom. The lowest BCUT2D eigenvalue weighted by atomic mass is 10.1. The van der Waals surface area contributed by atoms with Crippen LogP contribution in [0.4, 0.5) is 8.78 Å². The molecule has 1 amide bonds. The van der Waals surface area contributed by atoms with Gasteiger partial charge in [0.25, 0.3) is 0 Å². The van der Waals surface area contributed by atoms with Gasteiger partial charge in [0.1, 0.15) is 5.75 Å². The summed E-state index contributed by atoms with van der Waals surface area (Å²) in [6.07, 6.45) is -0.557. The summed E-state index contributed by atoms with van der Waals surface area (Å²) in [6.45, 7) is 0.980. The van der Waals surface area contributed by atoms with Gasteiger partial charge in [-0.15, -0.1) is 0 Å². The number of rotatable bonds is 7. The second-order valence-electron chi connectivity index (χ2n) is 4.82. The van der Waals surface area contributed by atoms with Crippen LogP contribution in [0.15, 0.2) is 24.3 Å². The van der Waals surface area contributed by atoms with Crippen molar-refractivity contribution in [1.82, 2.24) is 5.32 Å². The van der Waals surface area contributed by atoms with Gasteiger partial charge < -0.3 is 15.2 Å². The minimum atomic E-state index is -2.89. The zero-order valence-corrected chi connectivity index (χ0v) is 11.5. The molecular weight excluding hydrogens is 268 g/mol. The number of benzene rings is 1. The van der Waals surface area contributed by atoms with E-state index in [0.717, 1.165) is 0 Å². The Morgan fingerprint density at radius 1 is 1.40 bits per heavy atom. The van der Waals surface area contributed by atoms with Gasteiger partial charge in [0.05, 0.1) is 12.5 Å². The van der Waals surface area contributed by atoms with E-state index in [1.165, 1.54) is 12.1 Å². The lowest BCUT2D eigenvalue weighted by Crippen LogP contribution is -2.35. The number of aliphatic hydroxyl groups is 1. The second-order valence-corrected chi connectivity index (χ2v) is 4.82. The van der Waals surface area contributed by atoms with Crippen LogP contribution in [-0.2, 0) is 11.2 Å². The highest BCUT2D eigenvalue weighted by molar-refractivity contribution is 5.78. The number of hydrogen-bond acceptors (Lipinski definition) is 3. The highest BCUT2D eigenvalue weighted by Gasteiger charge is 2.11. The highest BCUT2D eigenvalue weighted by atomic mass is 19.3. The summed E-state index contributed by atoms with van der Waals surface area (Å²) < 4.78 is 28.4. The van der Waals surface area contributed by atoms with Crippen LogP contribution in [0, 0.1) is 5.92 Å². The molecule has 1 atom stereocenters. The van der Waals surface area contributed by atoms with Crippen LogP contribution in [0.3, 0.4) is 0 Å². The largest absolute Gasteiger partial charge is 0.435 e. The lowest BCUT2D eigenvalue weighted by Gasteiger charge is -2.15. The third-order valence-electron chi connectivity index (χ3n) is 2.77. The van der Waals surface area contributed by atoms with Gasteiger partial charge in [-0.2, -0.15) is 8.78 Å². The van der Waals surface area contributed by atoms with Crippen molar-refractivity contribution < 1.29 is 23.4 Å². The van der Waals surface area contributed by atoms with E-state index in [2.05, 4.69) is 10.1 Å². The van der Waals surface area contributed by atoms with Crippen molar-refractivity contribution in [2.45, 2.75) is 33.0 Å². The summed E-state index contributed by atoms with van der Waals surface area (Å²) in [6, 6.07) is 5.99. The first-order valence-electron chi connectivity index (χ1n) is 6.37. The fourth-order valence-electron chi connectivity index (χ4n) is 1.53. The van der Waals surface area contributed by atoms with E-state index in [9.17, 15) is 18.7 Å². The van der Waals surface area contributed by atoms with E-state index >= 15 is 0 Å². The summed E-state index contributed by atoms with van der Waals surface area (Å²) >= 11 is 0. The Balaban J connectivity index is 2.49. The predicted octanol–water partition coefficient (Wildman–Crippen LogP) is 1.96. The SMILES string of the molecule is CC(C)C(O)CNC(=O)Cc1cccc(OC(F)F)c1. The molecule has 1 aromatic carbocycles. The molecule has 1 unspecified atom stereocenters. The van der Waals surface area contributed by atoms with Crippen LogP contribution in [0.5, 0.6) is 5.75 Å². The van der Waals surface area contributed by atoms with Gasteiger partial charge in [-0.1, -0.05) is 26.0 Å². The van der Waals surface area contributed by atoms with Crippen molar-refractivity contribution in [2.24, 2.45) is 5.92 Å². The van der Waals surface area contributed by atoms with Crippen LogP contribution in [0.2, 0.25) is 0 Å². The molecule has 6 heteroatoms. The number of amides is 1. The topological polar surface area (TPSA) is 58.6 Å². The Morgan fingerprint density at radius 2 is 2.10 bits per heavy atom. The van der Waals surface area contributed by atoms with Gasteiger partial charge in [-0.25, -0.2) is 0 Å². The molecular formula is C14H19F2NO3. The van der Waals surface area contributed by atoms with Crippen LogP contribution in [0.25, 0.3) is 0 Å². The molecule has 0 bridgehead atoms. The summed E-state index contributed by atoms with van der Waals surface area (Å²) in [7, 11) is 0. The zero-order chi connectivity index (χ0) is 15.1. The van der Waals surface area contributed by atoms with Gasteiger partial charge >= 0.3 is 6.61 Å². The van der Waals surface area contributed by atoms with Gasteiger partial charge in [-0.3, -0.25) is 4.79 Å². The third-order valence-corrected chi connectivity index (χ3v) is 2.77. The van der Waals surface area contributed by atoms with Crippen molar-refractivity contribution in [3.8, 4) is 5.75 Å². The molecule has 20 heavy (non-hydrogen) atoms. The number of nitrogens with one attached hydrogen (secondary N) is 1. The molecule has 0 saturated carbocycles. The summed E-state index contributed by atoms with van der Waals surface area (Å²) in [5.74, 6) is -0.204. The van der Waals surface area contributed by atoms with Crippen molar-refractivity contribution in [3.63, 3.8) is 0 Å². The van der Waals surface area contributed by atoms with Crippen LogP contribution in [-0.4, -0.2) is 30.3 Å². The highest BCUT2D eigenvalue weighted by Crippen LogP contribution is 2.16. The van der Waals surface area contributed by atoms with Crippen LogP contribution >= 0.6 is 0 Å². The molecule has 0 fully saturated rings. The number of carbonyl (C=O) groups excluding carboxylic acids is 1. The third kappa shape index (κ3) is 5.97. The molecule has 112 valence electrons. The summed E-state index contributed by atoms with van der Waals surface area (Å²) in [4.78, 5) is 11.7. The van der Waals surface area contributed by atoms with Gasteiger partial charge in [0.2, 0.25) is 5.91 Å². The summed E-state index contributed by atoms with van der Waals surface area (Å²) in [5.41, 5.74) is 0.569. The van der Waals surface area contributed by atoms with Gasteiger partial charge in [-0.05, 0) is 23.6 Å². The molecule has 0 radical (unpaired) electrons. The van der Waals surface area contributed by atoms with Gasteiger partial charge in [0, 0.05) is 6.54 Å². The number of aliphatic hydroxyl groups excluding tert-OH is 1. The molecule has 0 saturated heterocycles. The first kappa shape index (κ1) is 16.4. The van der Waals surface area contributed by atoms with E-state index in [-0.39, 0.29) is 30.5 Å². The maximum atomic E-state index is 12.1. The normalized spacial score (nSPS) is 12.6. The standard InChI is InChI=1S/C14H19F2NO3/c1-9(2)12(18)8-17-13(19)7-10-4-3-5-11(6-10)20-14(15)16/h3-6,9,12,14,18H,7-8H2,1-2H3,(H,17,19). The molecule has 0 aliphatic heterocycles. The quantitative estimate of drug-likeness (QED) is 0.806. The van der Waals surface area contributed by atoms with E-state index in [1.54, 1.807) is 12.1 Å². The molecule has 0 aromatic heterocycles. The minimum Gasteiger partial charge on any atom is -0.435 e. The predicted molar refractivity (Wildman–Crippen MR) is 70.6 cm³/mol. The molecule has 0 spiro atoms.